The van der Waals surface area contributed by atoms with E-state index in [2.05, 4.69) is 5.32 Å². The molecule has 3 unspecified atom stereocenters. The van der Waals surface area contributed by atoms with Crippen LogP contribution < -0.4 is 5.32 Å². The molecule has 2 saturated heterocycles. The highest BCUT2D eigenvalue weighted by atomic mass is 16.5. The van der Waals surface area contributed by atoms with E-state index in [-0.39, 0.29) is 35.5 Å². The van der Waals surface area contributed by atoms with Crippen LogP contribution in [0.2, 0.25) is 0 Å². The molecule has 2 aliphatic rings. The molecule has 0 radical (unpaired) electrons. The summed E-state index contributed by atoms with van der Waals surface area (Å²) in [7, 11) is 0. The van der Waals surface area contributed by atoms with Crippen LogP contribution in [-0.4, -0.2) is 47.0 Å². The van der Waals surface area contributed by atoms with Gasteiger partial charge in [-0.15, -0.1) is 0 Å². The monoisotopic (exact) mass is 268 g/mol. The first-order valence-corrected chi connectivity index (χ1v) is 7.12. The van der Waals surface area contributed by atoms with Gasteiger partial charge in [-0.25, -0.2) is 0 Å². The average Bonchev–Trinajstić information content (AvgIpc) is 2.33. The molecule has 3 atom stereocenters. The van der Waals surface area contributed by atoms with E-state index in [1.807, 2.05) is 27.7 Å². The number of rotatable bonds is 2. The van der Waals surface area contributed by atoms with Crippen LogP contribution in [0.1, 0.15) is 47.0 Å². The van der Waals surface area contributed by atoms with Crippen LogP contribution in [0.25, 0.3) is 0 Å². The minimum absolute atomic E-state index is 0.0456. The van der Waals surface area contributed by atoms with Gasteiger partial charge >= 0.3 is 0 Å². The number of carbonyl (C=O) groups excluding carboxylic acids is 2. The van der Waals surface area contributed by atoms with Crippen molar-refractivity contribution >= 4 is 11.8 Å². The van der Waals surface area contributed by atoms with Crippen LogP contribution in [0, 0.1) is 0 Å². The van der Waals surface area contributed by atoms with Crippen LogP contribution in [0.5, 0.6) is 0 Å². The zero-order chi connectivity index (χ0) is 14.2. The molecule has 5 nitrogen and oxygen atoms in total. The molecule has 5 heteroatoms. The fourth-order valence-electron chi connectivity index (χ4n) is 3.06. The van der Waals surface area contributed by atoms with Crippen molar-refractivity contribution in [1.29, 1.82) is 0 Å². The summed E-state index contributed by atoms with van der Waals surface area (Å²) in [6, 6.07) is -0.643. The molecule has 0 aromatic carbocycles. The van der Waals surface area contributed by atoms with Crippen molar-refractivity contribution in [2.24, 2.45) is 0 Å². The van der Waals surface area contributed by atoms with Crippen molar-refractivity contribution < 1.29 is 14.3 Å². The van der Waals surface area contributed by atoms with E-state index < -0.39 is 0 Å². The number of piperazine rings is 1. The van der Waals surface area contributed by atoms with Crippen molar-refractivity contribution in [2.45, 2.75) is 70.7 Å². The first-order chi connectivity index (χ1) is 8.85. The molecular weight excluding hydrogens is 244 g/mol. The van der Waals surface area contributed by atoms with Gasteiger partial charge in [0.1, 0.15) is 12.1 Å². The number of amides is 2. The van der Waals surface area contributed by atoms with Gasteiger partial charge in [0.05, 0.1) is 5.60 Å². The maximum absolute atomic E-state index is 12.5. The Morgan fingerprint density at radius 3 is 2.68 bits per heavy atom. The molecule has 0 spiro atoms. The lowest BCUT2D eigenvalue weighted by Gasteiger charge is -2.46. The highest BCUT2D eigenvalue weighted by molar-refractivity contribution is 5.96. The fourth-order valence-corrected chi connectivity index (χ4v) is 3.06. The molecular formula is C14H24N2O3. The molecule has 0 aromatic rings. The Balaban J connectivity index is 2.20. The molecule has 2 aliphatic heterocycles. The van der Waals surface area contributed by atoms with Gasteiger partial charge in [-0.3, -0.25) is 9.59 Å². The summed E-state index contributed by atoms with van der Waals surface area (Å²) in [6.45, 7) is 8.45. The van der Waals surface area contributed by atoms with Gasteiger partial charge in [0.25, 0.3) is 0 Å². The second-order valence-electron chi connectivity index (χ2n) is 6.15. The first kappa shape index (κ1) is 14.3. The van der Waals surface area contributed by atoms with Gasteiger partial charge in [-0.1, -0.05) is 6.92 Å². The summed E-state index contributed by atoms with van der Waals surface area (Å²) in [6.07, 6.45) is 2.23. The van der Waals surface area contributed by atoms with Gasteiger partial charge in [0.15, 0.2) is 0 Å². The summed E-state index contributed by atoms with van der Waals surface area (Å²) in [5.41, 5.74) is -0.224. The second-order valence-corrected chi connectivity index (χ2v) is 6.15. The number of nitrogens with zero attached hydrogens (tertiary/aromatic N) is 1. The Hall–Kier alpha value is -1.10. The van der Waals surface area contributed by atoms with Crippen LogP contribution in [0.3, 0.4) is 0 Å². The molecule has 2 fully saturated rings. The lowest BCUT2D eigenvalue weighted by Crippen LogP contribution is -2.66. The van der Waals surface area contributed by atoms with Crippen molar-refractivity contribution in [3.05, 3.63) is 0 Å². The molecule has 0 saturated carbocycles. The molecule has 108 valence electrons. The predicted molar refractivity (Wildman–Crippen MR) is 71.6 cm³/mol. The van der Waals surface area contributed by atoms with Crippen molar-refractivity contribution in [1.82, 2.24) is 10.2 Å². The van der Waals surface area contributed by atoms with E-state index in [4.69, 9.17) is 4.74 Å². The fraction of sp³-hybridized carbons (Fsp3) is 0.857. The molecule has 0 aromatic heterocycles. The van der Waals surface area contributed by atoms with Gasteiger partial charge in [0.2, 0.25) is 11.8 Å². The standard InChI is InChI=1S/C14H24N2O3/c1-5-11-13(18)16(9(2)12(17)15-11)10-6-7-19-14(3,4)8-10/h9-11H,5-8H2,1-4H3,(H,15,17). The third-order valence-corrected chi connectivity index (χ3v) is 4.14. The van der Waals surface area contributed by atoms with E-state index in [1.165, 1.54) is 0 Å². The van der Waals surface area contributed by atoms with Crippen molar-refractivity contribution in [3.63, 3.8) is 0 Å². The van der Waals surface area contributed by atoms with E-state index in [0.717, 1.165) is 12.8 Å². The Morgan fingerprint density at radius 1 is 1.42 bits per heavy atom. The zero-order valence-electron chi connectivity index (χ0n) is 12.2. The molecule has 2 heterocycles. The SMILES string of the molecule is CCC1NC(=O)C(C)N(C2CCOC(C)(C)C2)C1=O. The summed E-state index contributed by atoms with van der Waals surface area (Å²) < 4.78 is 5.70. The van der Waals surface area contributed by atoms with E-state index >= 15 is 0 Å². The smallest absolute Gasteiger partial charge is 0.246 e. The van der Waals surface area contributed by atoms with Crippen LogP contribution in [-0.2, 0) is 14.3 Å². The van der Waals surface area contributed by atoms with Crippen LogP contribution in [0.15, 0.2) is 0 Å². The maximum atomic E-state index is 12.5. The van der Waals surface area contributed by atoms with Crippen LogP contribution >= 0.6 is 0 Å². The number of hydrogen-bond donors (Lipinski definition) is 1. The van der Waals surface area contributed by atoms with E-state index in [0.29, 0.717) is 13.0 Å². The van der Waals surface area contributed by atoms with Gasteiger partial charge in [-0.05, 0) is 40.0 Å². The Kier molecular flexibility index (Phi) is 3.85. The Bertz CT molecular complexity index is 381. The first-order valence-electron chi connectivity index (χ1n) is 7.12. The minimum atomic E-state index is -0.380. The normalized spacial score (nSPS) is 35.2. The van der Waals surface area contributed by atoms with E-state index in [1.54, 1.807) is 4.90 Å². The molecule has 2 rings (SSSR count). The Morgan fingerprint density at radius 2 is 2.11 bits per heavy atom. The second kappa shape index (κ2) is 5.12. The number of nitrogens with one attached hydrogen (secondary N) is 1. The third-order valence-electron chi connectivity index (χ3n) is 4.14. The van der Waals surface area contributed by atoms with Gasteiger partial charge < -0.3 is 15.0 Å². The highest BCUT2D eigenvalue weighted by Gasteiger charge is 2.43. The molecule has 0 aliphatic carbocycles. The van der Waals surface area contributed by atoms with Crippen LogP contribution in [0.4, 0.5) is 0 Å². The zero-order valence-corrected chi connectivity index (χ0v) is 12.2. The summed E-state index contributed by atoms with van der Waals surface area (Å²) in [5, 5.41) is 2.79. The minimum Gasteiger partial charge on any atom is -0.375 e. The largest absolute Gasteiger partial charge is 0.375 e. The summed E-state index contributed by atoms with van der Waals surface area (Å²) in [4.78, 5) is 26.3. The topological polar surface area (TPSA) is 58.6 Å². The summed E-state index contributed by atoms with van der Waals surface area (Å²) >= 11 is 0. The lowest BCUT2D eigenvalue weighted by atomic mass is 9.90. The molecule has 2 amide bonds. The molecule has 0 bridgehead atoms. The van der Waals surface area contributed by atoms with Crippen molar-refractivity contribution in [3.8, 4) is 0 Å². The average molecular weight is 268 g/mol. The number of hydrogen-bond acceptors (Lipinski definition) is 3. The third kappa shape index (κ3) is 2.76. The summed E-state index contributed by atoms with van der Waals surface area (Å²) in [5.74, 6) is 0.00745. The predicted octanol–water partition coefficient (Wildman–Crippen LogP) is 1.07. The lowest BCUT2D eigenvalue weighted by molar-refractivity contribution is -0.158. The quantitative estimate of drug-likeness (QED) is 0.815. The highest BCUT2D eigenvalue weighted by Crippen LogP contribution is 2.30. The Labute approximate surface area is 114 Å². The molecule has 1 N–H and O–H groups in total. The van der Waals surface area contributed by atoms with Crippen molar-refractivity contribution in [2.75, 3.05) is 6.61 Å². The molecule has 19 heavy (non-hydrogen) atoms. The van der Waals surface area contributed by atoms with Gasteiger partial charge in [0, 0.05) is 12.6 Å². The number of carbonyl (C=O) groups is 2. The number of ether oxygens (including phenoxy) is 1. The maximum Gasteiger partial charge on any atom is 0.246 e. The van der Waals surface area contributed by atoms with E-state index in [9.17, 15) is 9.59 Å². The van der Waals surface area contributed by atoms with Gasteiger partial charge in [-0.2, -0.15) is 0 Å².